The molecule has 1 nitrogen and oxygen atoms in total. The Balaban J connectivity index is 2.80. The first-order valence-corrected chi connectivity index (χ1v) is 6.00. The van der Waals surface area contributed by atoms with Crippen molar-refractivity contribution in [2.24, 2.45) is 5.92 Å². The van der Waals surface area contributed by atoms with E-state index in [1.54, 1.807) is 0 Å². The fraction of sp³-hybridized carbons (Fsp3) is 1.00. The quantitative estimate of drug-likeness (QED) is 0.701. The van der Waals surface area contributed by atoms with Gasteiger partial charge >= 0.3 is 0 Å². The van der Waals surface area contributed by atoms with E-state index in [1.807, 2.05) is 18.7 Å². The molecule has 0 saturated carbocycles. The van der Waals surface area contributed by atoms with Crippen LogP contribution in [0.4, 0.5) is 8.78 Å². The summed E-state index contributed by atoms with van der Waals surface area (Å²) in [6.45, 7) is 8.31. The zero-order chi connectivity index (χ0) is 11.6. The molecular weight excluding hydrogens is 196 g/mol. The highest BCUT2D eigenvalue weighted by Crippen LogP contribution is 2.32. The lowest BCUT2D eigenvalue weighted by molar-refractivity contribution is -0.0518. The molecule has 0 bridgehead atoms. The molecule has 1 rings (SSSR count). The summed E-state index contributed by atoms with van der Waals surface area (Å²) in [5, 5.41) is 0. The van der Waals surface area contributed by atoms with Gasteiger partial charge in [0, 0.05) is 12.1 Å². The first kappa shape index (κ1) is 12.9. The average Bonchev–Trinajstić information content (AvgIpc) is 2.16. The van der Waals surface area contributed by atoms with Crippen LogP contribution in [0.1, 0.15) is 47.0 Å². The van der Waals surface area contributed by atoms with E-state index in [0.717, 1.165) is 12.8 Å². The van der Waals surface area contributed by atoms with E-state index in [0.29, 0.717) is 18.4 Å². The molecule has 0 amide bonds. The molecule has 0 aliphatic carbocycles. The second-order valence-electron chi connectivity index (χ2n) is 5.19. The average molecular weight is 219 g/mol. The van der Waals surface area contributed by atoms with Crippen molar-refractivity contribution in [1.82, 2.24) is 4.90 Å². The molecule has 0 N–H and O–H groups in total. The number of rotatable bonds is 3. The molecule has 90 valence electrons. The molecule has 2 atom stereocenters. The standard InChI is InChI=1S/C12H23F2N/c1-8(2)10-6-5-7-11(12(13)14)15(10)9(3)4/h8-12H,5-7H2,1-4H3. The van der Waals surface area contributed by atoms with Crippen LogP contribution in [0.5, 0.6) is 0 Å². The van der Waals surface area contributed by atoms with Gasteiger partial charge in [-0.3, -0.25) is 4.90 Å². The predicted octanol–water partition coefficient (Wildman–Crippen LogP) is 3.54. The van der Waals surface area contributed by atoms with Gasteiger partial charge in [-0.15, -0.1) is 0 Å². The van der Waals surface area contributed by atoms with Crippen molar-refractivity contribution < 1.29 is 8.78 Å². The lowest BCUT2D eigenvalue weighted by Crippen LogP contribution is -2.54. The summed E-state index contributed by atoms with van der Waals surface area (Å²) in [5.41, 5.74) is 0. The summed E-state index contributed by atoms with van der Waals surface area (Å²) in [6, 6.07) is 0.0283. The van der Waals surface area contributed by atoms with Gasteiger partial charge in [0.2, 0.25) is 0 Å². The summed E-state index contributed by atoms with van der Waals surface area (Å²) in [7, 11) is 0. The largest absolute Gasteiger partial charge is 0.289 e. The van der Waals surface area contributed by atoms with Gasteiger partial charge in [0.1, 0.15) is 0 Å². The Hall–Kier alpha value is -0.180. The van der Waals surface area contributed by atoms with E-state index in [-0.39, 0.29) is 6.04 Å². The molecule has 0 aromatic heterocycles. The minimum atomic E-state index is -2.20. The molecule has 1 fully saturated rings. The molecule has 3 heteroatoms. The molecule has 2 unspecified atom stereocenters. The molecule has 0 aromatic carbocycles. The van der Waals surface area contributed by atoms with Gasteiger partial charge in [0.15, 0.2) is 0 Å². The van der Waals surface area contributed by atoms with Crippen LogP contribution < -0.4 is 0 Å². The van der Waals surface area contributed by atoms with E-state index in [2.05, 4.69) is 13.8 Å². The van der Waals surface area contributed by atoms with Crippen molar-refractivity contribution in [2.75, 3.05) is 0 Å². The van der Waals surface area contributed by atoms with Gasteiger partial charge in [-0.2, -0.15) is 0 Å². The minimum Gasteiger partial charge on any atom is -0.289 e. The summed E-state index contributed by atoms with van der Waals surface area (Å²) < 4.78 is 25.9. The van der Waals surface area contributed by atoms with Gasteiger partial charge in [-0.05, 0) is 32.6 Å². The zero-order valence-corrected chi connectivity index (χ0v) is 10.2. The van der Waals surface area contributed by atoms with Gasteiger partial charge in [-0.1, -0.05) is 20.3 Å². The summed E-state index contributed by atoms with van der Waals surface area (Å²) >= 11 is 0. The SMILES string of the molecule is CC(C)C1CCCC(C(F)F)N1C(C)C. The summed E-state index contributed by atoms with van der Waals surface area (Å²) in [5.74, 6) is 0.467. The maximum atomic E-state index is 12.9. The topological polar surface area (TPSA) is 3.24 Å². The van der Waals surface area contributed by atoms with Crippen molar-refractivity contribution in [2.45, 2.75) is 71.5 Å². The minimum absolute atomic E-state index is 0.219. The number of likely N-dealkylation sites (tertiary alicyclic amines) is 1. The summed E-state index contributed by atoms with van der Waals surface area (Å²) in [6.07, 6.45) is 0.466. The number of hydrogen-bond acceptors (Lipinski definition) is 1. The number of piperidine rings is 1. The molecule has 1 aliphatic rings. The fourth-order valence-corrected chi connectivity index (χ4v) is 2.78. The third-order valence-electron chi connectivity index (χ3n) is 3.42. The lowest BCUT2D eigenvalue weighted by Gasteiger charge is -2.46. The van der Waals surface area contributed by atoms with E-state index < -0.39 is 12.5 Å². The second-order valence-corrected chi connectivity index (χ2v) is 5.19. The van der Waals surface area contributed by atoms with Crippen molar-refractivity contribution in [3.63, 3.8) is 0 Å². The molecule has 0 spiro atoms. The second kappa shape index (κ2) is 5.24. The number of halogens is 2. The van der Waals surface area contributed by atoms with Crippen molar-refractivity contribution in [3.8, 4) is 0 Å². The van der Waals surface area contributed by atoms with E-state index in [9.17, 15) is 8.78 Å². The fourth-order valence-electron chi connectivity index (χ4n) is 2.78. The van der Waals surface area contributed by atoms with Crippen LogP contribution >= 0.6 is 0 Å². The summed E-state index contributed by atoms with van der Waals surface area (Å²) in [4.78, 5) is 2.04. The van der Waals surface area contributed by atoms with Crippen LogP contribution in [0, 0.1) is 5.92 Å². The van der Waals surface area contributed by atoms with Crippen LogP contribution in [0.2, 0.25) is 0 Å². The maximum absolute atomic E-state index is 12.9. The number of nitrogens with zero attached hydrogens (tertiary/aromatic N) is 1. The molecular formula is C12H23F2N. The number of hydrogen-bond donors (Lipinski definition) is 0. The predicted molar refractivity (Wildman–Crippen MR) is 59.2 cm³/mol. The van der Waals surface area contributed by atoms with E-state index in [1.165, 1.54) is 0 Å². The van der Waals surface area contributed by atoms with Crippen LogP contribution in [0.3, 0.4) is 0 Å². The van der Waals surface area contributed by atoms with Crippen LogP contribution in [-0.4, -0.2) is 29.5 Å². The third kappa shape index (κ3) is 2.90. The van der Waals surface area contributed by atoms with Gasteiger partial charge in [-0.25, -0.2) is 8.78 Å². The zero-order valence-electron chi connectivity index (χ0n) is 10.2. The highest BCUT2D eigenvalue weighted by molar-refractivity contribution is 4.89. The maximum Gasteiger partial charge on any atom is 0.253 e. The van der Waals surface area contributed by atoms with Gasteiger partial charge < -0.3 is 0 Å². The highest BCUT2D eigenvalue weighted by atomic mass is 19.3. The van der Waals surface area contributed by atoms with E-state index in [4.69, 9.17) is 0 Å². The molecule has 0 aromatic rings. The van der Waals surface area contributed by atoms with Gasteiger partial charge in [0.25, 0.3) is 6.43 Å². The third-order valence-corrected chi connectivity index (χ3v) is 3.42. The normalized spacial score (nSPS) is 29.4. The smallest absolute Gasteiger partial charge is 0.253 e. The Morgan fingerprint density at radius 2 is 1.53 bits per heavy atom. The Bertz CT molecular complexity index is 176. The lowest BCUT2D eigenvalue weighted by atomic mass is 9.87. The highest BCUT2D eigenvalue weighted by Gasteiger charge is 2.38. The molecule has 15 heavy (non-hydrogen) atoms. The Labute approximate surface area is 91.8 Å². The first-order chi connectivity index (χ1) is 6.95. The van der Waals surface area contributed by atoms with Crippen molar-refractivity contribution in [1.29, 1.82) is 0 Å². The molecule has 1 saturated heterocycles. The Morgan fingerprint density at radius 3 is 1.93 bits per heavy atom. The van der Waals surface area contributed by atoms with Gasteiger partial charge in [0.05, 0.1) is 6.04 Å². The first-order valence-electron chi connectivity index (χ1n) is 6.00. The Kier molecular flexibility index (Phi) is 4.50. The monoisotopic (exact) mass is 219 g/mol. The van der Waals surface area contributed by atoms with E-state index >= 15 is 0 Å². The van der Waals surface area contributed by atoms with Crippen LogP contribution in [0.25, 0.3) is 0 Å². The van der Waals surface area contributed by atoms with Crippen molar-refractivity contribution in [3.05, 3.63) is 0 Å². The van der Waals surface area contributed by atoms with Crippen LogP contribution in [0.15, 0.2) is 0 Å². The number of alkyl halides is 2. The Morgan fingerprint density at radius 1 is 1.00 bits per heavy atom. The van der Waals surface area contributed by atoms with Crippen molar-refractivity contribution >= 4 is 0 Å². The molecule has 1 aliphatic heterocycles. The van der Waals surface area contributed by atoms with Crippen LogP contribution in [-0.2, 0) is 0 Å². The molecule has 0 radical (unpaired) electrons. The molecule has 1 heterocycles.